The van der Waals surface area contributed by atoms with Gasteiger partial charge in [0.25, 0.3) is 0 Å². The molecular formula is C36H29N9S4. The van der Waals surface area contributed by atoms with E-state index in [1.165, 1.54) is 0 Å². The van der Waals surface area contributed by atoms with Gasteiger partial charge in [0.15, 0.2) is 10.3 Å². The minimum absolute atomic E-state index is 0.0578. The Morgan fingerprint density at radius 1 is 0.469 bits per heavy atom. The molecule has 0 saturated carbocycles. The topological polar surface area (TPSA) is 104 Å². The summed E-state index contributed by atoms with van der Waals surface area (Å²) < 4.78 is 2.18. The summed E-state index contributed by atoms with van der Waals surface area (Å²) in [5.74, 6) is 1.18. The maximum Gasteiger partial charge on any atom is 0.225 e. The molecule has 3 heterocycles. The minimum atomic E-state index is -0.0578. The van der Waals surface area contributed by atoms with Gasteiger partial charge in [-0.1, -0.05) is 91.0 Å². The third-order valence-corrected chi connectivity index (χ3v) is 12.4. The lowest BCUT2D eigenvalue weighted by Gasteiger charge is -2.18. The van der Waals surface area contributed by atoms with Crippen molar-refractivity contribution in [1.29, 1.82) is 0 Å². The Balaban J connectivity index is 0.000000157. The molecule has 13 heteroatoms. The van der Waals surface area contributed by atoms with E-state index in [1.807, 2.05) is 156 Å². The molecule has 8 rings (SSSR count). The molecule has 2 aliphatic heterocycles. The van der Waals surface area contributed by atoms with Gasteiger partial charge in [0.05, 0.1) is 5.69 Å². The lowest BCUT2D eigenvalue weighted by atomic mass is 10.3. The number of nitrogens with one attached hydrogen (secondary N) is 4. The fourth-order valence-corrected chi connectivity index (χ4v) is 10.1. The zero-order chi connectivity index (χ0) is 33.3. The van der Waals surface area contributed by atoms with Crippen LogP contribution in [0.5, 0.6) is 0 Å². The molecule has 0 saturated heterocycles. The molecule has 1 aromatic heterocycles. The lowest BCUT2D eigenvalue weighted by Crippen LogP contribution is -2.13. The van der Waals surface area contributed by atoms with Crippen LogP contribution in [0.25, 0.3) is 5.69 Å². The predicted molar refractivity (Wildman–Crippen MR) is 214 cm³/mol. The predicted octanol–water partition coefficient (Wildman–Crippen LogP) is 10.1. The molecule has 0 amide bonds. The molecule has 49 heavy (non-hydrogen) atoms. The molecule has 0 atom stereocenters. The van der Waals surface area contributed by atoms with Crippen molar-refractivity contribution in [3.05, 3.63) is 156 Å². The van der Waals surface area contributed by atoms with Gasteiger partial charge in [-0.2, -0.15) is 20.0 Å². The van der Waals surface area contributed by atoms with Crippen molar-refractivity contribution in [1.82, 2.24) is 14.5 Å². The maximum absolute atomic E-state index is 5.31. The quantitative estimate of drug-likeness (QED) is 0.0950. The van der Waals surface area contributed by atoms with Crippen LogP contribution in [0.2, 0.25) is 0 Å². The van der Waals surface area contributed by atoms with E-state index in [4.69, 9.17) is 12.2 Å². The second-order valence-electron chi connectivity index (χ2n) is 10.3. The molecule has 2 aliphatic rings. The summed E-state index contributed by atoms with van der Waals surface area (Å²) in [5.41, 5.74) is 4.86. The molecular weight excluding hydrogens is 687 g/mol. The van der Waals surface area contributed by atoms with Gasteiger partial charge < -0.3 is 21.3 Å². The van der Waals surface area contributed by atoms with Gasteiger partial charge in [-0.05, 0) is 103 Å². The Morgan fingerprint density at radius 2 is 0.816 bits per heavy atom. The number of amidine groups is 2. The molecule has 0 fully saturated rings. The van der Waals surface area contributed by atoms with E-state index < -0.39 is 0 Å². The molecule has 0 aliphatic carbocycles. The van der Waals surface area contributed by atoms with Gasteiger partial charge >= 0.3 is 0 Å². The third-order valence-electron chi connectivity index (χ3n) is 6.80. The van der Waals surface area contributed by atoms with Gasteiger partial charge in [0.1, 0.15) is 0 Å². The second kappa shape index (κ2) is 15.8. The van der Waals surface area contributed by atoms with Gasteiger partial charge in [-0.3, -0.25) is 0 Å². The smallest absolute Gasteiger partial charge is 0.225 e. The highest BCUT2D eigenvalue weighted by atomic mass is 33.5. The first-order valence-corrected chi connectivity index (χ1v) is 19.5. The molecule has 9 nitrogen and oxygen atoms in total. The van der Waals surface area contributed by atoms with Gasteiger partial charge in [0, 0.05) is 22.7 Å². The zero-order valence-electron chi connectivity index (χ0n) is 25.8. The fraction of sp³-hybridized carbons (Fsp3) is 0. The van der Waals surface area contributed by atoms with E-state index >= 15 is 0 Å². The van der Waals surface area contributed by atoms with Crippen molar-refractivity contribution in [3.63, 3.8) is 0 Å². The van der Waals surface area contributed by atoms with Crippen molar-refractivity contribution in [2.75, 3.05) is 21.3 Å². The largest absolute Gasteiger partial charge is 0.334 e. The third kappa shape index (κ3) is 8.64. The summed E-state index contributed by atoms with van der Waals surface area (Å²) in [7, 11) is 3.40. The summed E-state index contributed by atoms with van der Waals surface area (Å²) in [4.78, 5) is 18.1. The van der Waals surface area contributed by atoms with Gasteiger partial charge in [0.2, 0.25) is 21.8 Å². The molecule has 5 aromatic carbocycles. The fourth-order valence-electron chi connectivity index (χ4n) is 4.63. The monoisotopic (exact) mass is 715 g/mol. The van der Waals surface area contributed by atoms with Crippen LogP contribution in [0.1, 0.15) is 0 Å². The summed E-state index contributed by atoms with van der Waals surface area (Å²) in [6, 6.07) is 49.8. The van der Waals surface area contributed by atoms with Crippen molar-refractivity contribution in [3.8, 4) is 5.69 Å². The first kappa shape index (κ1) is 32.3. The van der Waals surface area contributed by atoms with Crippen molar-refractivity contribution in [2.45, 2.75) is 0 Å². The Hall–Kier alpha value is -5.21. The summed E-state index contributed by atoms with van der Waals surface area (Å²) in [6.07, 6.45) is 0. The Labute approximate surface area is 298 Å². The molecule has 0 bridgehead atoms. The minimum Gasteiger partial charge on any atom is -0.334 e. The van der Waals surface area contributed by atoms with Crippen LogP contribution in [0.4, 0.5) is 34.6 Å². The van der Waals surface area contributed by atoms with Crippen LogP contribution in [0, 0.1) is 4.77 Å². The molecule has 0 radical (unpaired) electrons. The van der Waals surface area contributed by atoms with Gasteiger partial charge in [-0.15, -0.1) is 0 Å². The standard InChI is InChI=1S/C21H17N5S.C15H12N4S3/c27-21-24-19(22-16-10-4-1-5-11-16)26(18-14-8-3-9-15-18)20(25-21)23-17-12-6-2-7-13-17;1-3-7-11(8-4-1)16-13-18-15-19-14(21-22(15)20-13)17-12-9-5-2-6-10-12/h1-15H,(H2,22,23,24,25,27);1-10H,(H,16,18)(H,17,19). The molecule has 0 unspecified atom stereocenters. The Morgan fingerprint density at radius 3 is 1.18 bits per heavy atom. The molecule has 6 aromatic rings. The normalized spacial score (nSPS) is 13.3. The van der Waals surface area contributed by atoms with Crippen LogP contribution in [0.15, 0.2) is 162 Å². The van der Waals surface area contributed by atoms with E-state index in [2.05, 4.69) is 41.2 Å². The lowest BCUT2D eigenvalue weighted by molar-refractivity contribution is 0.926. The number of hydrogen-bond donors (Lipinski definition) is 4. The average Bonchev–Trinajstić information content (AvgIpc) is 3.68. The van der Waals surface area contributed by atoms with Crippen molar-refractivity contribution < 1.29 is 0 Å². The van der Waals surface area contributed by atoms with Crippen LogP contribution >= 0.6 is 42.4 Å². The van der Waals surface area contributed by atoms with Crippen LogP contribution in [-0.4, -0.2) is 30.0 Å². The molecule has 0 spiro atoms. The zero-order valence-corrected chi connectivity index (χ0v) is 29.1. The number of benzene rings is 5. The van der Waals surface area contributed by atoms with Gasteiger partial charge in [-0.25, -0.2) is 4.57 Å². The number of aromatic nitrogens is 3. The van der Waals surface area contributed by atoms with E-state index in [-0.39, 0.29) is 13.3 Å². The van der Waals surface area contributed by atoms with E-state index in [9.17, 15) is 0 Å². The Kier molecular flexibility index (Phi) is 10.4. The highest BCUT2D eigenvalue weighted by molar-refractivity contribution is 9.21. The van der Waals surface area contributed by atoms with E-state index in [1.54, 1.807) is 21.6 Å². The first-order valence-electron chi connectivity index (χ1n) is 15.2. The first-order chi connectivity index (χ1) is 24.2. The SMILES string of the molecule is S=c1nc(Nc2ccccc2)n(-c2ccccc2)c(Nc2ccccc2)n1.c1ccc(NC2=NC3=S(S2)SC(Nc2ccccc2)=N3)cc1. The number of para-hydroxylation sites is 5. The average molecular weight is 716 g/mol. The van der Waals surface area contributed by atoms with Crippen molar-refractivity contribution in [2.24, 2.45) is 9.98 Å². The number of anilines is 6. The maximum atomic E-state index is 5.31. The van der Waals surface area contributed by atoms with Crippen LogP contribution in [-0.2, 0) is 0 Å². The summed E-state index contributed by atoms with van der Waals surface area (Å²) in [6.45, 7) is 0. The van der Waals surface area contributed by atoms with Crippen LogP contribution in [0.3, 0.4) is 0 Å². The van der Waals surface area contributed by atoms with E-state index in [0.717, 1.165) is 43.9 Å². The highest BCUT2D eigenvalue weighted by Gasteiger charge is 2.26. The number of rotatable bonds is 7. The molecule has 242 valence electrons. The number of hydrogen-bond acceptors (Lipinski definition) is 11. The molecule has 4 N–H and O–H groups in total. The highest BCUT2D eigenvalue weighted by Crippen LogP contribution is 2.53. The summed E-state index contributed by atoms with van der Waals surface area (Å²) in [5, 5.41) is 16.1. The summed E-state index contributed by atoms with van der Waals surface area (Å²) >= 11 is 5.31. The van der Waals surface area contributed by atoms with Crippen molar-refractivity contribution >= 4 is 92.4 Å². The van der Waals surface area contributed by atoms with Crippen LogP contribution < -0.4 is 21.3 Å². The Bertz CT molecular complexity index is 2050. The number of nitrogens with zero attached hydrogens (tertiary/aromatic N) is 5. The second-order valence-corrected chi connectivity index (χ2v) is 16.2. The van der Waals surface area contributed by atoms with E-state index in [0.29, 0.717) is 11.9 Å². The number of aliphatic imine (C=N–C) groups is 2.